The number of halogens is 1. The zero-order chi connectivity index (χ0) is 16.7. The van der Waals surface area contributed by atoms with E-state index in [1.807, 2.05) is 36.2 Å². The molecule has 5 nitrogen and oxygen atoms in total. The van der Waals surface area contributed by atoms with Crippen molar-refractivity contribution >= 4 is 29.4 Å². The van der Waals surface area contributed by atoms with E-state index < -0.39 is 0 Å². The minimum Gasteiger partial charge on any atom is -0.395 e. The number of aliphatic hydroxyl groups is 1. The number of rotatable bonds is 6. The largest absolute Gasteiger partial charge is 0.395 e. The monoisotopic (exact) mass is 331 g/mol. The van der Waals surface area contributed by atoms with Gasteiger partial charge in [-0.3, -0.25) is 4.79 Å². The van der Waals surface area contributed by atoms with Gasteiger partial charge in [0.15, 0.2) is 0 Å². The van der Waals surface area contributed by atoms with Crippen LogP contribution in [0.4, 0.5) is 5.69 Å². The Morgan fingerprint density at radius 2 is 1.96 bits per heavy atom. The van der Waals surface area contributed by atoms with Gasteiger partial charge in [0.25, 0.3) is 5.91 Å². The van der Waals surface area contributed by atoms with Gasteiger partial charge in [-0.1, -0.05) is 35.9 Å². The molecule has 0 aliphatic heterocycles. The second kappa shape index (κ2) is 8.31. The number of amides is 1. The summed E-state index contributed by atoms with van der Waals surface area (Å²) >= 11 is 5.95. The Kier molecular flexibility index (Phi) is 6.14. The van der Waals surface area contributed by atoms with Crippen molar-refractivity contribution in [2.24, 2.45) is 5.10 Å². The summed E-state index contributed by atoms with van der Waals surface area (Å²) in [5, 5.41) is 13.2. The molecule has 120 valence electrons. The third-order valence-electron chi connectivity index (χ3n) is 3.27. The third kappa shape index (κ3) is 4.81. The molecule has 1 amide bonds. The van der Waals surface area contributed by atoms with Gasteiger partial charge in [-0.2, -0.15) is 5.10 Å². The van der Waals surface area contributed by atoms with Crippen molar-refractivity contribution in [1.29, 1.82) is 0 Å². The number of nitrogens with zero attached hydrogens (tertiary/aromatic N) is 2. The first-order valence-electron chi connectivity index (χ1n) is 7.12. The standard InChI is InChI=1S/C17H18ClN3O2/c1-21(10-11-22)14-8-6-13(7-9-14)12-19-20-17(23)15-4-2-3-5-16(15)18/h2-9,12,22H,10-11H2,1H3,(H,20,23)/b19-12+. The Morgan fingerprint density at radius 1 is 1.26 bits per heavy atom. The number of hydrogen-bond acceptors (Lipinski definition) is 4. The highest BCUT2D eigenvalue weighted by molar-refractivity contribution is 6.33. The summed E-state index contributed by atoms with van der Waals surface area (Å²) in [4.78, 5) is 13.9. The molecule has 6 heteroatoms. The SMILES string of the molecule is CN(CCO)c1ccc(/C=N/NC(=O)c2ccccc2Cl)cc1. The van der Waals surface area contributed by atoms with Gasteiger partial charge in [0, 0.05) is 19.3 Å². The summed E-state index contributed by atoms with van der Waals surface area (Å²) in [5.74, 6) is -0.355. The van der Waals surface area contributed by atoms with E-state index >= 15 is 0 Å². The molecule has 0 aliphatic carbocycles. The number of benzene rings is 2. The Balaban J connectivity index is 1.95. The van der Waals surface area contributed by atoms with Crippen LogP contribution in [0.2, 0.25) is 5.02 Å². The second-order valence-electron chi connectivity index (χ2n) is 4.92. The number of hydrogen-bond donors (Lipinski definition) is 2. The van der Waals surface area contributed by atoms with E-state index in [9.17, 15) is 4.79 Å². The molecule has 0 saturated carbocycles. The Labute approximate surface area is 140 Å². The predicted molar refractivity (Wildman–Crippen MR) is 93.3 cm³/mol. The lowest BCUT2D eigenvalue weighted by Gasteiger charge is -2.17. The summed E-state index contributed by atoms with van der Waals surface area (Å²) in [5.41, 5.74) is 4.68. The molecule has 2 N–H and O–H groups in total. The van der Waals surface area contributed by atoms with Gasteiger partial charge in [-0.25, -0.2) is 5.43 Å². The molecule has 0 unspecified atom stereocenters. The van der Waals surface area contributed by atoms with Crippen LogP contribution in [-0.2, 0) is 0 Å². The summed E-state index contributed by atoms with van der Waals surface area (Å²) in [6.07, 6.45) is 1.56. The van der Waals surface area contributed by atoms with Gasteiger partial charge < -0.3 is 10.0 Å². The van der Waals surface area contributed by atoms with E-state index in [1.165, 1.54) is 0 Å². The molecular weight excluding hydrogens is 314 g/mol. The first kappa shape index (κ1) is 17.0. The van der Waals surface area contributed by atoms with Crippen molar-refractivity contribution in [2.45, 2.75) is 0 Å². The lowest BCUT2D eigenvalue weighted by atomic mass is 10.2. The van der Waals surface area contributed by atoms with E-state index in [2.05, 4.69) is 10.5 Å². The van der Waals surface area contributed by atoms with Crippen molar-refractivity contribution in [2.75, 3.05) is 25.1 Å². The third-order valence-corrected chi connectivity index (χ3v) is 3.60. The summed E-state index contributed by atoms with van der Waals surface area (Å²) < 4.78 is 0. The van der Waals surface area contributed by atoms with E-state index in [-0.39, 0.29) is 12.5 Å². The molecule has 0 aromatic heterocycles. The number of carbonyl (C=O) groups excluding carboxylic acids is 1. The van der Waals surface area contributed by atoms with E-state index in [4.69, 9.17) is 16.7 Å². The van der Waals surface area contributed by atoms with Gasteiger partial charge in [0.05, 0.1) is 23.4 Å². The van der Waals surface area contributed by atoms with Crippen LogP contribution >= 0.6 is 11.6 Å². The van der Waals surface area contributed by atoms with Crippen LogP contribution in [-0.4, -0.2) is 37.4 Å². The average Bonchev–Trinajstić information content (AvgIpc) is 2.56. The number of hydrazone groups is 1. The van der Waals surface area contributed by atoms with Gasteiger partial charge >= 0.3 is 0 Å². The number of anilines is 1. The van der Waals surface area contributed by atoms with E-state index in [1.54, 1.807) is 30.5 Å². The molecule has 0 saturated heterocycles. The quantitative estimate of drug-likeness (QED) is 0.631. The van der Waals surface area contributed by atoms with Crippen molar-refractivity contribution in [3.63, 3.8) is 0 Å². The van der Waals surface area contributed by atoms with Crippen molar-refractivity contribution in [3.8, 4) is 0 Å². The Bertz CT molecular complexity index is 686. The molecule has 0 radical (unpaired) electrons. The normalized spacial score (nSPS) is 10.7. The van der Waals surface area contributed by atoms with Gasteiger partial charge in [0.1, 0.15) is 0 Å². The zero-order valence-corrected chi connectivity index (χ0v) is 13.5. The number of carbonyl (C=O) groups is 1. The summed E-state index contributed by atoms with van der Waals surface area (Å²) in [6, 6.07) is 14.4. The number of nitrogens with one attached hydrogen (secondary N) is 1. The van der Waals surface area contributed by atoms with Crippen molar-refractivity contribution < 1.29 is 9.90 Å². The molecular formula is C17H18ClN3O2. The van der Waals surface area contributed by atoms with Crippen LogP contribution in [0.15, 0.2) is 53.6 Å². The minimum atomic E-state index is -0.355. The molecule has 2 aromatic rings. The van der Waals surface area contributed by atoms with Gasteiger partial charge in [-0.05, 0) is 29.8 Å². The predicted octanol–water partition coefficient (Wildman–Crippen LogP) is 2.53. The average molecular weight is 332 g/mol. The molecule has 23 heavy (non-hydrogen) atoms. The fourth-order valence-electron chi connectivity index (χ4n) is 1.96. The topological polar surface area (TPSA) is 64.9 Å². The lowest BCUT2D eigenvalue weighted by molar-refractivity contribution is 0.0955. The van der Waals surface area contributed by atoms with E-state index in [0.29, 0.717) is 17.1 Å². The molecule has 0 heterocycles. The summed E-state index contributed by atoms with van der Waals surface area (Å²) in [6.45, 7) is 0.676. The second-order valence-corrected chi connectivity index (χ2v) is 5.32. The van der Waals surface area contributed by atoms with Crippen LogP contribution in [0.25, 0.3) is 0 Å². The highest BCUT2D eigenvalue weighted by Gasteiger charge is 2.07. The molecule has 2 rings (SSSR count). The van der Waals surface area contributed by atoms with Crippen LogP contribution in [0.3, 0.4) is 0 Å². The maximum atomic E-state index is 11.9. The van der Waals surface area contributed by atoms with Crippen molar-refractivity contribution in [1.82, 2.24) is 5.43 Å². The highest BCUT2D eigenvalue weighted by Crippen LogP contribution is 2.14. The summed E-state index contributed by atoms with van der Waals surface area (Å²) in [7, 11) is 1.91. The molecule has 0 fully saturated rings. The maximum Gasteiger partial charge on any atom is 0.272 e. The smallest absolute Gasteiger partial charge is 0.272 e. The number of likely N-dealkylation sites (N-methyl/N-ethyl adjacent to an activating group) is 1. The molecule has 0 spiro atoms. The van der Waals surface area contributed by atoms with Crippen LogP contribution in [0.5, 0.6) is 0 Å². The number of aliphatic hydroxyl groups excluding tert-OH is 1. The molecule has 0 atom stereocenters. The first-order valence-corrected chi connectivity index (χ1v) is 7.49. The Hall–Kier alpha value is -2.37. The minimum absolute atomic E-state index is 0.105. The van der Waals surface area contributed by atoms with Crippen molar-refractivity contribution in [3.05, 3.63) is 64.7 Å². The lowest BCUT2D eigenvalue weighted by Crippen LogP contribution is -2.20. The zero-order valence-electron chi connectivity index (χ0n) is 12.7. The van der Waals surface area contributed by atoms with Crippen LogP contribution < -0.4 is 10.3 Å². The van der Waals surface area contributed by atoms with Crippen LogP contribution in [0.1, 0.15) is 15.9 Å². The molecule has 2 aromatic carbocycles. The maximum absolute atomic E-state index is 11.9. The molecule has 0 bridgehead atoms. The highest BCUT2D eigenvalue weighted by atomic mass is 35.5. The van der Waals surface area contributed by atoms with Gasteiger partial charge in [0.2, 0.25) is 0 Å². The fourth-order valence-corrected chi connectivity index (χ4v) is 2.19. The fraction of sp³-hybridized carbons (Fsp3) is 0.176. The van der Waals surface area contributed by atoms with Crippen LogP contribution in [0, 0.1) is 0 Å². The van der Waals surface area contributed by atoms with E-state index in [0.717, 1.165) is 11.3 Å². The Morgan fingerprint density at radius 3 is 2.61 bits per heavy atom. The van der Waals surface area contributed by atoms with Gasteiger partial charge in [-0.15, -0.1) is 0 Å². The first-order chi connectivity index (χ1) is 11.1. The molecule has 0 aliphatic rings.